The van der Waals surface area contributed by atoms with Gasteiger partial charge in [0.1, 0.15) is 18.1 Å². The van der Waals surface area contributed by atoms with Crippen LogP contribution in [0.25, 0.3) is 0 Å². The van der Waals surface area contributed by atoms with Crippen LogP contribution in [0.4, 0.5) is 0 Å². The van der Waals surface area contributed by atoms with Gasteiger partial charge in [-0.2, -0.15) is 0 Å². The number of aliphatic carboxylic acids is 1. The first-order valence-electron chi connectivity index (χ1n) is 11.6. The number of allylic oxidation sites excluding steroid dienone is 1. The molecule has 8 atom stereocenters. The van der Waals surface area contributed by atoms with Crippen LogP contribution in [0.3, 0.4) is 0 Å². The van der Waals surface area contributed by atoms with Gasteiger partial charge >= 0.3 is 5.97 Å². The highest BCUT2D eigenvalue weighted by atomic mass is 16.6. The van der Waals surface area contributed by atoms with Crippen LogP contribution in [0, 0.1) is 29.6 Å². The first kappa shape index (κ1) is 22.5. The van der Waals surface area contributed by atoms with Gasteiger partial charge in [0.25, 0.3) is 0 Å². The van der Waals surface area contributed by atoms with Crippen molar-refractivity contribution in [1.29, 1.82) is 0 Å². The number of ketones is 1. The summed E-state index contributed by atoms with van der Waals surface area (Å²) in [7, 11) is 0. The van der Waals surface area contributed by atoms with Crippen molar-refractivity contribution in [2.24, 2.45) is 29.6 Å². The summed E-state index contributed by atoms with van der Waals surface area (Å²) in [5.74, 6) is -1.44. The summed E-state index contributed by atoms with van der Waals surface area (Å²) in [6.45, 7) is 8.53. The summed E-state index contributed by atoms with van der Waals surface area (Å²) in [6, 6.07) is 0. The summed E-state index contributed by atoms with van der Waals surface area (Å²) in [4.78, 5) is 24.9. The first-order chi connectivity index (χ1) is 13.9. The maximum atomic E-state index is 12.9. The van der Waals surface area contributed by atoms with E-state index >= 15 is 0 Å². The number of carbonyl (C=O) groups is 2. The van der Waals surface area contributed by atoms with Crippen LogP contribution in [-0.2, 0) is 14.3 Å². The van der Waals surface area contributed by atoms with Gasteiger partial charge in [0, 0.05) is 0 Å². The van der Waals surface area contributed by atoms with E-state index in [1.165, 1.54) is 12.0 Å². The van der Waals surface area contributed by atoms with Crippen molar-refractivity contribution >= 4 is 11.8 Å². The molecular formula is C24H38O5. The van der Waals surface area contributed by atoms with Crippen molar-refractivity contribution in [3.8, 4) is 0 Å². The molecule has 0 amide bonds. The second-order valence-electron chi connectivity index (χ2n) is 9.59. The summed E-state index contributed by atoms with van der Waals surface area (Å²) in [6.07, 6.45) is 7.88. The molecule has 3 rings (SSSR count). The zero-order valence-electron chi connectivity index (χ0n) is 18.0. The number of rotatable bonds is 10. The lowest BCUT2D eigenvalue weighted by molar-refractivity contribution is -0.153. The smallest absolute Gasteiger partial charge is 0.314 e. The maximum absolute atomic E-state index is 12.9. The fourth-order valence-corrected chi connectivity index (χ4v) is 5.95. The SMILES string of the molecule is C=C1CC[C@H](CCC)[C@H]1C[C@H]1OC1C(O)C(=O)C(C(=O)O)C1CCCC(CC)C1. The minimum atomic E-state index is -1.33. The monoisotopic (exact) mass is 406 g/mol. The second kappa shape index (κ2) is 9.74. The molecule has 0 aromatic heterocycles. The molecule has 164 valence electrons. The average molecular weight is 407 g/mol. The van der Waals surface area contributed by atoms with E-state index < -0.39 is 29.9 Å². The van der Waals surface area contributed by atoms with Crippen LogP contribution in [0.2, 0.25) is 0 Å². The predicted octanol–water partition coefficient (Wildman–Crippen LogP) is 4.37. The quantitative estimate of drug-likeness (QED) is 0.319. The van der Waals surface area contributed by atoms with Crippen LogP contribution in [0.1, 0.15) is 78.1 Å². The van der Waals surface area contributed by atoms with Crippen LogP contribution in [-0.4, -0.2) is 40.3 Å². The lowest BCUT2D eigenvalue weighted by Crippen LogP contribution is -2.42. The van der Waals surface area contributed by atoms with Crippen molar-refractivity contribution in [1.82, 2.24) is 0 Å². The van der Waals surface area contributed by atoms with Crippen LogP contribution < -0.4 is 0 Å². The maximum Gasteiger partial charge on any atom is 0.314 e. The van der Waals surface area contributed by atoms with Crippen LogP contribution >= 0.6 is 0 Å². The van der Waals surface area contributed by atoms with E-state index in [4.69, 9.17) is 4.74 Å². The Bertz CT molecular complexity index is 614. The van der Waals surface area contributed by atoms with Crippen LogP contribution in [0.15, 0.2) is 12.2 Å². The topological polar surface area (TPSA) is 87.1 Å². The lowest BCUT2D eigenvalue weighted by atomic mass is 9.72. The Morgan fingerprint density at radius 2 is 2.00 bits per heavy atom. The Hall–Kier alpha value is -1.20. The molecule has 0 spiro atoms. The second-order valence-corrected chi connectivity index (χ2v) is 9.59. The number of carboxylic acid groups (broad SMARTS) is 1. The molecule has 5 nitrogen and oxygen atoms in total. The minimum Gasteiger partial charge on any atom is -0.481 e. The molecule has 1 aliphatic heterocycles. The molecule has 2 aliphatic carbocycles. The molecule has 1 saturated heterocycles. The molecule has 29 heavy (non-hydrogen) atoms. The number of hydrogen-bond acceptors (Lipinski definition) is 4. The molecule has 2 N–H and O–H groups in total. The van der Waals surface area contributed by atoms with Crippen LogP contribution in [0.5, 0.6) is 0 Å². The highest BCUT2D eigenvalue weighted by Gasteiger charge is 2.52. The van der Waals surface area contributed by atoms with E-state index in [2.05, 4.69) is 20.4 Å². The summed E-state index contributed by atoms with van der Waals surface area (Å²) in [5, 5.41) is 20.4. The van der Waals surface area contributed by atoms with Gasteiger partial charge in [-0.1, -0.05) is 58.1 Å². The van der Waals surface area contributed by atoms with Gasteiger partial charge in [-0.25, -0.2) is 0 Å². The van der Waals surface area contributed by atoms with Crippen molar-refractivity contribution < 1.29 is 24.5 Å². The van der Waals surface area contributed by atoms with Gasteiger partial charge in [0.05, 0.1) is 6.10 Å². The number of aliphatic hydroxyl groups excluding tert-OH is 1. The third-order valence-electron chi connectivity index (χ3n) is 7.74. The Morgan fingerprint density at radius 3 is 2.66 bits per heavy atom. The molecular weight excluding hydrogens is 368 g/mol. The highest BCUT2D eigenvalue weighted by molar-refractivity contribution is 6.01. The largest absolute Gasteiger partial charge is 0.481 e. The third-order valence-corrected chi connectivity index (χ3v) is 7.74. The van der Waals surface area contributed by atoms with E-state index in [0.29, 0.717) is 17.8 Å². The van der Waals surface area contributed by atoms with Gasteiger partial charge in [-0.15, -0.1) is 0 Å². The Morgan fingerprint density at radius 1 is 1.24 bits per heavy atom. The van der Waals surface area contributed by atoms with Gasteiger partial charge in [-0.05, 0) is 55.8 Å². The average Bonchev–Trinajstić information content (AvgIpc) is 3.39. The number of epoxide rings is 1. The van der Waals surface area contributed by atoms with Crippen molar-refractivity contribution in [3.63, 3.8) is 0 Å². The molecule has 5 unspecified atom stereocenters. The zero-order valence-corrected chi connectivity index (χ0v) is 18.0. The number of aliphatic hydroxyl groups is 1. The molecule has 2 saturated carbocycles. The Balaban J connectivity index is 1.59. The molecule has 5 heteroatoms. The zero-order chi connectivity index (χ0) is 21.1. The summed E-state index contributed by atoms with van der Waals surface area (Å²) < 4.78 is 5.69. The Kier molecular flexibility index (Phi) is 7.55. The summed E-state index contributed by atoms with van der Waals surface area (Å²) in [5.41, 5.74) is 1.26. The number of ether oxygens (including phenoxy) is 1. The molecule has 0 aromatic carbocycles. The lowest BCUT2D eigenvalue weighted by Gasteiger charge is -2.32. The molecule has 1 heterocycles. The van der Waals surface area contributed by atoms with E-state index in [9.17, 15) is 19.8 Å². The molecule has 0 aromatic rings. The molecule has 0 bridgehead atoms. The van der Waals surface area contributed by atoms with Gasteiger partial charge in [0.2, 0.25) is 0 Å². The van der Waals surface area contributed by atoms with Gasteiger partial charge in [0.15, 0.2) is 5.78 Å². The highest BCUT2D eigenvalue weighted by Crippen LogP contribution is 2.45. The van der Waals surface area contributed by atoms with E-state index in [-0.39, 0.29) is 12.0 Å². The molecule has 3 fully saturated rings. The number of hydrogen-bond donors (Lipinski definition) is 2. The molecule has 0 radical (unpaired) electrons. The van der Waals surface area contributed by atoms with Crippen molar-refractivity contribution in [2.45, 2.75) is 96.4 Å². The van der Waals surface area contributed by atoms with E-state index in [1.54, 1.807) is 0 Å². The van der Waals surface area contributed by atoms with Crippen molar-refractivity contribution in [3.05, 3.63) is 12.2 Å². The summed E-state index contributed by atoms with van der Waals surface area (Å²) >= 11 is 0. The minimum absolute atomic E-state index is 0.155. The van der Waals surface area contributed by atoms with E-state index in [1.807, 2.05) is 0 Å². The fourth-order valence-electron chi connectivity index (χ4n) is 5.95. The number of carboxylic acids is 1. The fraction of sp³-hybridized carbons (Fsp3) is 0.833. The van der Waals surface area contributed by atoms with Crippen molar-refractivity contribution in [2.75, 3.05) is 0 Å². The first-order valence-corrected chi connectivity index (χ1v) is 11.6. The Labute approximate surface area is 174 Å². The van der Waals surface area contributed by atoms with E-state index in [0.717, 1.165) is 57.8 Å². The normalized spacial score (nSPS) is 36.6. The van der Waals surface area contributed by atoms with Gasteiger partial charge < -0.3 is 14.9 Å². The third kappa shape index (κ3) is 5.11. The number of carbonyl (C=O) groups excluding carboxylic acids is 1. The predicted molar refractivity (Wildman–Crippen MR) is 111 cm³/mol. The molecule has 3 aliphatic rings. The number of Topliss-reactive ketones (excluding diaryl/α,β-unsaturated/α-hetero) is 1. The standard InChI is InChI=1S/C24H38O5/c1-4-7-16-11-10-14(3)18(16)13-19-23(29-19)22(26)21(25)20(24(27)28)17-9-6-8-15(5-2)12-17/h15-20,22-23,26H,3-13H2,1-2H3,(H,27,28)/t15?,16-,17?,18-,19+,20?,22?,23?/m0/s1. The van der Waals surface area contributed by atoms with Gasteiger partial charge in [-0.3, -0.25) is 9.59 Å².